The number of unbranched alkanes of at least 4 members (excludes halogenated alkanes) is 1. The van der Waals surface area contributed by atoms with Crippen molar-refractivity contribution in [3.8, 4) is 6.07 Å². The topological polar surface area (TPSA) is 39.1 Å². The van der Waals surface area contributed by atoms with Crippen LogP contribution in [-0.2, 0) is 0 Å². The molecule has 0 radical (unpaired) electrons. The standard InChI is InChI=1S/C11H19N3/c1-2-3-4-7-13-14-8-5-11(10-12)6-9-14/h4,7,11,13H,2-3,5-6,8-9H2,1H3/b7-4-. The molecule has 1 aliphatic rings. The fraction of sp³-hybridized carbons (Fsp3) is 0.727. The first-order chi connectivity index (χ1) is 6.86. The summed E-state index contributed by atoms with van der Waals surface area (Å²) < 4.78 is 0. The Hall–Kier alpha value is -1.01. The number of rotatable bonds is 4. The van der Waals surface area contributed by atoms with Crippen LogP contribution in [0, 0.1) is 17.2 Å². The second kappa shape index (κ2) is 6.44. The van der Waals surface area contributed by atoms with Crippen LogP contribution in [0.3, 0.4) is 0 Å². The molecule has 1 saturated heterocycles. The minimum Gasteiger partial charge on any atom is -0.326 e. The Morgan fingerprint density at radius 1 is 1.50 bits per heavy atom. The second-order valence-corrected chi connectivity index (χ2v) is 3.71. The summed E-state index contributed by atoms with van der Waals surface area (Å²) in [7, 11) is 0. The molecule has 0 spiro atoms. The first-order valence-electron chi connectivity index (χ1n) is 5.42. The highest BCUT2D eigenvalue weighted by molar-refractivity contribution is 4.87. The lowest BCUT2D eigenvalue weighted by atomic mass is 10.00. The minimum absolute atomic E-state index is 0.271. The molecule has 0 aromatic carbocycles. The molecule has 1 heterocycles. The second-order valence-electron chi connectivity index (χ2n) is 3.71. The van der Waals surface area contributed by atoms with E-state index in [0.717, 1.165) is 32.4 Å². The fourth-order valence-corrected chi connectivity index (χ4v) is 1.55. The van der Waals surface area contributed by atoms with Crippen molar-refractivity contribution in [1.82, 2.24) is 10.4 Å². The summed E-state index contributed by atoms with van der Waals surface area (Å²) in [6.07, 6.45) is 8.46. The van der Waals surface area contributed by atoms with E-state index >= 15 is 0 Å². The van der Waals surface area contributed by atoms with E-state index in [1.807, 2.05) is 6.20 Å². The summed E-state index contributed by atoms with van der Waals surface area (Å²) in [4.78, 5) is 0. The minimum atomic E-state index is 0.271. The third kappa shape index (κ3) is 3.80. The zero-order valence-corrected chi connectivity index (χ0v) is 8.87. The molecule has 0 atom stereocenters. The molecule has 1 N–H and O–H groups in total. The molecule has 1 fully saturated rings. The lowest BCUT2D eigenvalue weighted by molar-refractivity contribution is 0.164. The molecule has 0 unspecified atom stereocenters. The molecule has 0 aromatic rings. The molecule has 3 nitrogen and oxygen atoms in total. The Balaban J connectivity index is 2.13. The number of nitrogens with one attached hydrogen (secondary N) is 1. The molecule has 0 aliphatic carbocycles. The molecule has 0 amide bonds. The number of piperidine rings is 1. The van der Waals surface area contributed by atoms with Gasteiger partial charge < -0.3 is 5.43 Å². The monoisotopic (exact) mass is 193 g/mol. The van der Waals surface area contributed by atoms with E-state index < -0.39 is 0 Å². The molecule has 1 aliphatic heterocycles. The van der Waals surface area contributed by atoms with Gasteiger partial charge in [0, 0.05) is 25.2 Å². The van der Waals surface area contributed by atoms with Gasteiger partial charge in [0.25, 0.3) is 0 Å². The highest BCUT2D eigenvalue weighted by Gasteiger charge is 2.17. The van der Waals surface area contributed by atoms with E-state index in [1.54, 1.807) is 0 Å². The lowest BCUT2D eigenvalue weighted by Gasteiger charge is -2.28. The van der Waals surface area contributed by atoms with Gasteiger partial charge >= 0.3 is 0 Å². The molecule has 0 saturated carbocycles. The van der Waals surface area contributed by atoms with E-state index in [1.165, 1.54) is 6.42 Å². The van der Waals surface area contributed by atoms with Gasteiger partial charge in [0.05, 0.1) is 6.07 Å². The molecule has 3 heteroatoms. The number of nitrogens with zero attached hydrogens (tertiary/aromatic N) is 2. The van der Waals surface area contributed by atoms with E-state index in [0.29, 0.717) is 0 Å². The van der Waals surface area contributed by atoms with E-state index in [-0.39, 0.29) is 5.92 Å². The maximum atomic E-state index is 8.72. The van der Waals surface area contributed by atoms with Crippen molar-refractivity contribution in [1.29, 1.82) is 5.26 Å². The number of allylic oxidation sites excluding steroid dienone is 1. The SMILES string of the molecule is CCC/C=C\NN1CCC(C#N)CC1. The summed E-state index contributed by atoms with van der Waals surface area (Å²) in [6, 6.07) is 2.33. The Morgan fingerprint density at radius 2 is 2.21 bits per heavy atom. The van der Waals surface area contributed by atoms with Gasteiger partial charge in [-0.15, -0.1) is 0 Å². The average molecular weight is 193 g/mol. The quantitative estimate of drug-likeness (QED) is 0.742. The summed E-state index contributed by atoms with van der Waals surface area (Å²) in [5.41, 5.74) is 3.24. The van der Waals surface area contributed by atoms with Crippen LogP contribution in [0.15, 0.2) is 12.3 Å². The smallest absolute Gasteiger partial charge is 0.0656 e. The highest BCUT2D eigenvalue weighted by Crippen LogP contribution is 2.14. The summed E-state index contributed by atoms with van der Waals surface area (Å²) >= 11 is 0. The van der Waals surface area contributed by atoms with Crippen molar-refractivity contribution in [2.45, 2.75) is 32.6 Å². The van der Waals surface area contributed by atoms with Crippen molar-refractivity contribution in [2.75, 3.05) is 13.1 Å². The zero-order chi connectivity index (χ0) is 10.2. The van der Waals surface area contributed by atoms with Crippen LogP contribution in [0.1, 0.15) is 32.6 Å². The van der Waals surface area contributed by atoms with E-state index in [2.05, 4.69) is 29.5 Å². The average Bonchev–Trinajstić information content (AvgIpc) is 2.25. The van der Waals surface area contributed by atoms with Crippen LogP contribution in [0.5, 0.6) is 0 Å². The maximum absolute atomic E-state index is 8.72. The van der Waals surface area contributed by atoms with Gasteiger partial charge in [0.1, 0.15) is 0 Å². The fourth-order valence-electron chi connectivity index (χ4n) is 1.55. The van der Waals surface area contributed by atoms with Crippen LogP contribution in [0.2, 0.25) is 0 Å². The predicted molar refractivity (Wildman–Crippen MR) is 57.1 cm³/mol. The van der Waals surface area contributed by atoms with Gasteiger partial charge in [-0.05, 0) is 19.3 Å². The predicted octanol–water partition coefficient (Wildman–Crippen LogP) is 2.04. The van der Waals surface area contributed by atoms with E-state index in [9.17, 15) is 0 Å². The Kier molecular flexibility index (Phi) is 5.09. The molecular weight excluding hydrogens is 174 g/mol. The Bertz CT molecular complexity index is 209. The number of nitriles is 1. The summed E-state index contributed by atoms with van der Waals surface area (Å²) in [5, 5.41) is 10.9. The van der Waals surface area contributed by atoms with Crippen LogP contribution in [0.25, 0.3) is 0 Å². The Morgan fingerprint density at radius 3 is 2.79 bits per heavy atom. The van der Waals surface area contributed by atoms with Crippen molar-refractivity contribution >= 4 is 0 Å². The van der Waals surface area contributed by atoms with Gasteiger partial charge in [-0.3, -0.25) is 0 Å². The number of hydrogen-bond donors (Lipinski definition) is 1. The summed E-state index contributed by atoms with van der Waals surface area (Å²) in [6.45, 7) is 4.13. The van der Waals surface area contributed by atoms with Crippen molar-refractivity contribution in [2.24, 2.45) is 5.92 Å². The largest absolute Gasteiger partial charge is 0.326 e. The van der Waals surface area contributed by atoms with Crippen LogP contribution < -0.4 is 5.43 Å². The van der Waals surface area contributed by atoms with Crippen LogP contribution >= 0.6 is 0 Å². The maximum Gasteiger partial charge on any atom is 0.0656 e. The van der Waals surface area contributed by atoms with Crippen LogP contribution in [-0.4, -0.2) is 18.1 Å². The molecule has 14 heavy (non-hydrogen) atoms. The van der Waals surface area contributed by atoms with Crippen LogP contribution in [0.4, 0.5) is 0 Å². The first-order valence-corrected chi connectivity index (χ1v) is 5.42. The Labute approximate surface area is 86.4 Å². The molecular formula is C11H19N3. The van der Waals surface area contributed by atoms with Crippen molar-refractivity contribution in [3.63, 3.8) is 0 Å². The molecule has 78 valence electrons. The molecule has 0 bridgehead atoms. The van der Waals surface area contributed by atoms with Gasteiger partial charge in [-0.1, -0.05) is 19.4 Å². The lowest BCUT2D eigenvalue weighted by Crippen LogP contribution is -2.40. The third-order valence-electron chi connectivity index (χ3n) is 2.51. The number of hydrazine groups is 1. The van der Waals surface area contributed by atoms with Crippen molar-refractivity contribution < 1.29 is 0 Å². The number of hydrogen-bond acceptors (Lipinski definition) is 3. The van der Waals surface area contributed by atoms with Crippen molar-refractivity contribution in [3.05, 3.63) is 12.3 Å². The summed E-state index contributed by atoms with van der Waals surface area (Å²) in [5.74, 6) is 0.271. The van der Waals surface area contributed by atoms with Gasteiger partial charge in [0.15, 0.2) is 0 Å². The third-order valence-corrected chi connectivity index (χ3v) is 2.51. The van der Waals surface area contributed by atoms with Gasteiger partial charge in [-0.2, -0.15) is 5.26 Å². The normalized spacial score (nSPS) is 19.7. The first kappa shape index (κ1) is 11.1. The van der Waals surface area contributed by atoms with Gasteiger partial charge in [-0.25, -0.2) is 5.01 Å². The molecule has 1 rings (SSSR count). The van der Waals surface area contributed by atoms with E-state index in [4.69, 9.17) is 5.26 Å². The highest BCUT2D eigenvalue weighted by atomic mass is 15.5. The molecule has 0 aromatic heterocycles. The van der Waals surface area contributed by atoms with Gasteiger partial charge in [0.2, 0.25) is 0 Å². The zero-order valence-electron chi connectivity index (χ0n) is 8.87.